The van der Waals surface area contributed by atoms with E-state index in [1.165, 1.54) is 60.1 Å². The molecule has 0 bridgehead atoms. The van der Waals surface area contributed by atoms with E-state index < -0.39 is 46.3 Å². The van der Waals surface area contributed by atoms with Gasteiger partial charge >= 0.3 is 5.97 Å². The maximum atomic E-state index is 14.7. The summed E-state index contributed by atoms with van der Waals surface area (Å²) in [7, 11) is 0.344. The Morgan fingerprint density at radius 1 is 0.685 bits per heavy atom. The van der Waals surface area contributed by atoms with Crippen molar-refractivity contribution in [2.24, 2.45) is 0 Å². The number of aliphatic carboxylic acids is 1. The molecule has 0 spiro atoms. The Hall–Kier alpha value is -9.96. The third-order valence-corrected chi connectivity index (χ3v) is 18.2. The van der Waals surface area contributed by atoms with Crippen LogP contribution in [0.3, 0.4) is 0 Å². The van der Waals surface area contributed by atoms with Crippen LogP contribution in [0.5, 0.6) is 40.4 Å². The molecule has 2 atom stereocenters. The molecular weight excluding hydrogens is 1240 g/mol. The number of fused-ring (bicyclic) bond motifs is 1. The molecule has 17 nitrogen and oxygen atoms in total. The number of para-hydroxylation sites is 1. The standard InChI is InChI=1S/C71H60ClFN4O13S2/c1-43-15-30-56(31-16-43)92(81,82)88-41-55(40-87-71(47-11-7-6-8-12-47,48-19-26-53(83-3)27-20-48)49-21-28-54(84-4)29-22-49)89-61-34-32-57(44(2)65(61)72)63-64-68(75-42-76-69(64)91-66(63)45-17-23-50(73)24-18-45)90-62(70(79)80)38-46-37-52(78)25-33-59(46)86-39-51-35-36-74-67(77-51)58-13-9-10-14-60(58)85-5/h6-37,42,55,62,78H,38-41H2,1-5H3,(H,79,80)/t55-,62?/m1/s1. The zero-order chi connectivity index (χ0) is 64.5. The minimum Gasteiger partial charge on any atom is -0.508 e. The monoisotopic (exact) mass is 1290 g/mol. The smallest absolute Gasteiger partial charge is 0.345 e. The number of benzene rings is 8. The van der Waals surface area contributed by atoms with Gasteiger partial charge in [-0.15, -0.1) is 11.3 Å². The van der Waals surface area contributed by atoms with E-state index in [-0.39, 0.29) is 52.7 Å². The molecule has 11 aromatic rings. The topological polar surface area (TPSA) is 217 Å². The summed E-state index contributed by atoms with van der Waals surface area (Å²) in [6.07, 6.45) is -0.264. The van der Waals surface area contributed by atoms with Crippen molar-refractivity contribution in [1.82, 2.24) is 19.9 Å². The van der Waals surface area contributed by atoms with Gasteiger partial charge in [-0.3, -0.25) is 4.18 Å². The lowest BCUT2D eigenvalue weighted by Gasteiger charge is -2.37. The van der Waals surface area contributed by atoms with Gasteiger partial charge in [-0.25, -0.2) is 29.1 Å². The molecule has 2 N–H and O–H groups in total. The number of hydrogen-bond acceptors (Lipinski definition) is 17. The van der Waals surface area contributed by atoms with Crippen molar-refractivity contribution in [2.45, 2.75) is 49.6 Å². The lowest BCUT2D eigenvalue weighted by molar-refractivity contribution is -0.145. The van der Waals surface area contributed by atoms with E-state index in [1.54, 1.807) is 83.0 Å². The molecule has 21 heteroatoms. The molecule has 92 heavy (non-hydrogen) atoms. The number of thiophene rings is 1. The van der Waals surface area contributed by atoms with Gasteiger partial charge in [-0.2, -0.15) is 8.42 Å². The van der Waals surface area contributed by atoms with E-state index >= 15 is 0 Å². The van der Waals surface area contributed by atoms with E-state index in [9.17, 15) is 27.8 Å². The normalized spacial score (nSPS) is 12.2. The van der Waals surface area contributed by atoms with Gasteiger partial charge in [0.15, 0.2) is 5.82 Å². The second-order valence-corrected chi connectivity index (χ2v) is 24.1. The molecule has 0 aliphatic rings. The number of aryl methyl sites for hydroxylation is 1. The summed E-state index contributed by atoms with van der Waals surface area (Å²) in [5.41, 5.74) is 5.13. The third-order valence-electron chi connectivity index (χ3n) is 15.3. The molecule has 0 radical (unpaired) electrons. The molecule has 0 saturated heterocycles. The van der Waals surface area contributed by atoms with Crippen molar-refractivity contribution in [2.75, 3.05) is 34.5 Å². The Labute approximate surface area is 539 Å². The van der Waals surface area contributed by atoms with Crippen molar-refractivity contribution in [1.29, 1.82) is 0 Å². The molecule has 0 fully saturated rings. The van der Waals surface area contributed by atoms with Crippen LogP contribution in [-0.4, -0.2) is 91.3 Å². The van der Waals surface area contributed by atoms with E-state index in [4.69, 9.17) is 48.9 Å². The number of carboxylic acid groups (broad SMARTS) is 1. The molecule has 0 saturated carbocycles. The summed E-state index contributed by atoms with van der Waals surface area (Å²) in [6, 6.07) is 53.3. The van der Waals surface area contributed by atoms with Crippen LogP contribution in [0.15, 0.2) is 205 Å². The highest BCUT2D eigenvalue weighted by Crippen LogP contribution is 2.50. The van der Waals surface area contributed by atoms with Gasteiger partial charge < -0.3 is 43.4 Å². The van der Waals surface area contributed by atoms with Crippen LogP contribution in [0.4, 0.5) is 4.39 Å². The van der Waals surface area contributed by atoms with Gasteiger partial charge in [0.1, 0.15) is 76.4 Å². The van der Waals surface area contributed by atoms with Gasteiger partial charge in [0.2, 0.25) is 12.0 Å². The Morgan fingerprint density at radius 2 is 1.35 bits per heavy atom. The van der Waals surface area contributed by atoms with Gasteiger partial charge in [0.05, 0.1) is 54.5 Å². The molecule has 0 aliphatic heterocycles. The first-order chi connectivity index (χ1) is 44.5. The first kappa shape index (κ1) is 63.6. The number of rotatable bonds is 26. The van der Waals surface area contributed by atoms with Crippen molar-refractivity contribution >= 4 is 49.2 Å². The molecule has 8 aromatic carbocycles. The minimum atomic E-state index is -4.37. The zero-order valence-electron chi connectivity index (χ0n) is 50.3. The second-order valence-electron chi connectivity index (χ2n) is 21.1. The Balaban J connectivity index is 0.954. The van der Waals surface area contributed by atoms with E-state index in [0.717, 1.165) is 11.1 Å². The van der Waals surface area contributed by atoms with Gasteiger partial charge in [-0.05, 0) is 138 Å². The minimum absolute atomic E-state index is 0.0496. The number of aromatic hydroxyl groups is 1. The maximum Gasteiger partial charge on any atom is 0.345 e. The third kappa shape index (κ3) is 13.8. The highest BCUT2D eigenvalue weighted by molar-refractivity contribution is 7.86. The van der Waals surface area contributed by atoms with Crippen LogP contribution in [-0.2, 0) is 42.5 Å². The maximum absolute atomic E-state index is 14.7. The average molecular weight is 1300 g/mol. The molecule has 1 unspecified atom stereocenters. The van der Waals surface area contributed by atoms with E-state index in [1.807, 2.05) is 104 Å². The summed E-state index contributed by atoms with van der Waals surface area (Å²) in [5, 5.41) is 22.1. The van der Waals surface area contributed by atoms with Crippen LogP contribution >= 0.6 is 22.9 Å². The fraction of sp³-hybridized carbons (Fsp3) is 0.169. The summed E-state index contributed by atoms with van der Waals surface area (Å²) < 4.78 is 91.9. The SMILES string of the molecule is COc1ccc(C(OC[C@H](COS(=O)(=O)c2ccc(C)cc2)Oc2ccc(-c3c(-c4ccc(F)cc4)sc4ncnc(OC(Cc5cc(O)ccc5OCc5ccnc(-c6ccccc6OC)n5)C(=O)O)c34)c(C)c2Cl)(c2ccccc2)c2ccc(OC)cc2)cc1. The Kier molecular flexibility index (Phi) is 19.4. The van der Waals surface area contributed by atoms with Crippen molar-refractivity contribution in [3.8, 4) is 73.3 Å². The number of phenols is 1. The van der Waals surface area contributed by atoms with Crippen LogP contribution in [0.25, 0.3) is 43.2 Å². The molecule has 3 aromatic heterocycles. The molecule has 468 valence electrons. The lowest BCUT2D eigenvalue weighted by Crippen LogP contribution is -2.39. The number of halogens is 2. The largest absolute Gasteiger partial charge is 0.508 e. The van der Waals surface area contributed by atoms with Crippen LogP contribution in [0.1, 0.15) is 39.1 Å². The summed E-state index contributed by atoms with van der Waals surface area (Å²) >= 11 is 8.72. The number of nitrogens with zero attached hydrogens (tertiary/aromatic N) is 4. The molecule has 0 amide bonds. The van der Waals surface area contributed by atoms with Gasteiger partial charge in [0.25, 0.3) is 10.1 Å². The number of aromatic nitrogens is 4. The van der Waals surface area contributed by atoms with Crippen molar-refractivity contribution in [3.63, 3.8) is 0 Å². The number of hydrogen-bond donors (Lipinski definition) is 2. The molecule has 0 aliphatic carbocycles. The van der Waals surface area contributed by atoms with E-state index in [2.05, 4.69) is 19.9 Å². The Bertz CT molecular complexity index is 4480. The number of ether oxygens (including phenoxy) is 7. The summed E-state index contributed by atoms with van der Waals surface area (Å²) in [6.45, 7) is 2.72. The number of carboxylic acids is 1. The number of methoxy groups -OCH3 is 3. The zero-order valence-corrected chi connectivity index (χ0v) is 52.7. The number of phenolic OH excluding ortho intramolecular Hbond substituents is 1. The predicted molar refractivity (Wildman–Crippen MR) is 347 cm³/mol. The number of carbonyl (C=O) groups is 1. The molecular formula is C71H60ClFN4O13S2. The Morgan fingerprint density at radius 3 is 2.02 bits per heavy atom. The van der Waals surface area contributed by atoms with E-state index in [0.29, 0.717) is 88.4 Å². The first-order valence-electron chi connectivity index (χ1n) is 28.8. The van der Waals surface area contributed by atoms with Crippen molar-refractivity contribution < 1.29 is 65.2 Å². The summed E-state index contributed by atoms with van der Waals surface area (Å²) in [4.78, 5) is 32.6. The fourth-order valence-corrected chi connectivity index (χ4v) is 12.9. The summed E-state index contributed by atoms with van der Waals surface area (Å²) in [5.74, 6) is 0.502. The predicted octanol–water partition coefficient (Wildman–Crippen LogP) is 14.4. The van der Waals surface area contributed by atoms with Gasteiger partial charge in [-0.1, -0.05) is 114 Å². The highest BCUT2D eigenvalue weighted by atomic mass is 35.5. The highest BCUT2D eigenvalue weighted by Gasteiger charge is 2.40. The van der Waals surface area contributed by atoms with Crippen LogP contribution in [0.2, 0.25) is 5.02 Å². The molecule has 3 heterocycles. The van der Waals surface area contributed by atoms with Crippen LogP contribution < -0.4 is 28.4 Å². The van der Waals surface area contributed by atoms with Crippen molar-refractivity contribution in [3.05, 3.63) is 250 Å². The van der Waals surface area contributed by atoms with Gasteiger partial charge in [0, 0.05) is 28.6 Å². The second kappa shape index (κ2) is 28.1. The lowest BCUT2D eigenvalue weighted by atomic mass is 9.80. The molecule has 11 rings (SSSR count). The average Bonchev–Trinajstić information content (AvgIpc) is 1.40. The quantitative estimate of drug-likeness (QED) is 0.0380. The first-order valence-corrected chi connectivity index (χ1v) is 31.4. The fourth-order valence-electron chi connectivity index (χ4n) is 10.6. The van der Waals surface area contributed by atoms with Crippen LogP contribution in [0, 0.1) is 19.7 Å².